The largest absolute Gasteiger partial charge is 0.457 e. The predicted octanol–water partition coefficient (Wildman–Crippen LogP) is 3.26. The summed E-state index contributed by atoms with van der Waals surface area (Å²) in [6, 6.07) is 13.4. The molecule has 0 radical (unpaired) electrons. The summed E-state index contributed by atoms with van der Waals surface area (Å²) in [5.74, 6) is -0.450. The third-order valence-electron chi connectivity index (χ3n) is 2.85. The average molecular weight is 271 g/mol. The van der Waals surface area contributed by atoms with Crippen LogP contribution in [0.1, 0.15) is 21.5 Å². The van der Waals surface area contributed by atoms with Crippen LogP contribution in [0, 0.1) is 17.0 Å². The molecule has 0 amide bonds. The van der Waals surface area contributed by atoms with E-state index in [9.17, 15) is 14.9 Å². The number of ether oxygens (including phenoxy) is 1. The fraction of sp³-hybridized carbons (Fsp3) is 0.133. The van der Waals surface area contributed by atoms with E-state index < -0.39 is 10.9 Å². The smallest absolute Gasteiger partial charge is 0.338 e. The van der Waals surface area contributed by atoms with Crippen LogP contribution in [0.25, 0.3) is 0 Å². The number of nitro benzene ring substituents is 1. The zero-order valence-electron chi connectivity index (χ0n) is 10.9. The Morgan fingerprint density at radius 3 is 2.55 bits per heavy atom. The van der Waals surface area contributed by atoms with Gasteiger partial charge in [0, 0.05) is 11.6 Å². The Kier molecular flexibility index (Phi) is 4.10. The van der Waals surface area contributed by atoms with Gasteiger partial charge in [-0.05, 0) is 24.6 Å². The molecule has 20 heavy (non-hydrogen) atoms. The normalized spacial score (nSPS) is 10.1. The second-order valence-electron chi connectivity index (χ2n) is 4.32. The van der Waals surface area contributed by atoms with Gasteiger partial charge < -0.3 is 4.74 Å². The van der Waals surface area contributed by atoms with Gasteiger partial charge in [-0.25, -0.2) is 4.79 Å². The molecule has 5 nitrogen and oxygen atoms in total. The maximum atomic E-state index is 11.7. The van der Waals surface area contributed by atoms with Gasteiger partial charge in [0.2, 0.25) is 0 Å². The molecule has 5 heteroatoms. The summed E-state index contributed by atoms with van der Waals surface area (Å²) in [7, 11) is 0. The molecule has 0 aromatic heterocycles. The summed E-state index contributed by atoms with van der Waals surface area (Å²) >= 11 is 0. The van der Waals surface area contributed by atoms with E-state index in [0.717, 1.165) is 0 Å². The van der Waals surface area contributed by atoms with Crippen molar-refractivity contribution in [2.45, 2.75) is 13.5 Å². The molecule has 0 aliphatic rings. The van der Waals surface area contributed by atoms with E-state index in [-0.39, 0.29) is 12.3 Å². The van der Waals surface area contributed by atoms with E-state index in [1.165, 1.54) is 6.07 Å². The molecule has 0 saturated heterocycles. The van der Waals surface area contributed by atoms with E-state index in [2.05, 4.69) is 0 Å². The zero-order chi connectivity index (χ0) is 14.5. The van der Waals surface area contributed by atoms with Gasteiger partial charge in [-0.1, -0.05) is 30.3 Å². The third-order valence-corrected chi connectivity index (χ3v) is 2.85. The summed E-state index contributed by atoms with van der Waals surface area (Å²) in [5.41, 5.74) is 1.65. The van der Waals surface area contributed by atoms with Crippen LogP contribution in [0.3, 0.4) is 0 Å². The van der Waals surface area contributed by atoms with Crippen LogP contribution >= 0.6 is 0 Å². The molecule has 0 aliphatic heterocycles. The topological polar surface area (TPSA) is 69.4 Å². The molecule has 0 heterocycles. The van der Waals surface area contributed by atoms with Crippen molar-refractivity contribution >= 4 is 11.7 Å². The number of esters is 1. The molecule has 0 fully saturated rings. The highest BCUT2D eigenvalue weighted by Crippen LogP contribution is 2.20. The zero-order valence-corrected chi connectivity index (χ0v) is 10.9. The molecule has 2 aromatic rings. The molecule has 102 valence electrons. The van der Waals surface area contributed by atoms with Gasteiger partial charge in [0.05, 0.1) is 10.5 Å². The second kappa shape index (κ2) is 5.97. The lowest BCUT2D eigenvalue weighted by Crippen LogP contribution is -2.05. The van der Waals surface area contributed by atoms with Gasteiger partial charge in [-0.3, -0.25) is 10.1 Å². The number of carbonyl (C=O) groups excluding carboxylic acids is 1. The molecule has 2 aromatic carbocycles. The van der Waals surface area contributed by atoms with Crippen molar-refractivity contribution in [2.24, 2.45) is 0 Å². The average Bonchev–Trinajstić information content (AvgIpc) is 2.46. The predicted molar refractivity (Wildman–Crippen MR) is 73.4 cm³/mol. The Bertz CT molecular complexity index is 638. The van der Waals surface area contributed by atoms with Crippen molar-refractivity contribution in [3.05, 3.63) is 75.3 Å². The van der Waals surface area contributed by atoms with Gasteiger partial charge in [0.25, 0.3) is 5.69 Å². The number of carbonyl (C=O) groups is 1. The van der Waals surface area contributed by atoms with E-state index in [0.29, 0.717) is 16.7 Å². The highest BCUT2D eigenvalue weighted by molar-refractivity contribution is 5.89. The summed E-state index contributed by atoms with van der Waals surface area (Å²) < 4.78 is 5.13. The fourth-order valence-corrected chi connectivity index (χ4v) is 1.75. The van der Waals surface area contributed by atoms with E-state index in [1.54, 1.807) is 49.4 Å². The van der Waals surface area contributed by atoms with Crippen LogP contribution in [0.2, 0.25) is 0 Å². The van der Waals surface area contributed by atoms with Crippen LogP contribution in [-0.2, 0) is 11.3 Å². The first kappa shape index (κ1) is 13.7. The second-order valence-corrected chi connectivity index (χ2v) is 4.32. The van der Waals surface area contributed by atoms with Crippen molar-refractivity contribution in [2.75, 3.05) is 0 Å². The minimum absolute atomic E-state index is 0.00878. The lowest BCUT2D eigenvalue weighted by molar-refractivity contribution is -0.385. The first-order valence-corrected chi connectivity index (χ1v) is 6.04. The minimum Gasteiger partial charge on any atom is -0.457 e. The standard InChI is InChI=1S/C15H13NO4/c1-11-7-8-12(9-14(11)16(18)19)10-20-15(17)13-5-3-2-4-6-13/h2-9H,10H2,1H3. The Morgan fingerprint density at radius 1 is 1.20 bits per heavy atom. The summed E-state index contributed by atoms with van der Waals surface area (Å²) in [6.07, 6.45) is 0. The molecule has 0 saturated carbocycles. The molecular weight excluding hydrogens is 258 g/mol. The van der Waals surface area contributed by atoms with Crippen LogP contribution < -0.4 is 0 Å². The van der Waals surface area contributed by atoms with Gasteiger partial charge in [-0.2, -0.15) is 0 Å². The fourth-order valence-electron chi connectivity index (χ4n) is 1.75. The number of aryl methyl sites for hydroxylation is 1. The molecule has 0 aliphatic carbocycles. The summed E-state index contributed by atoms with van der Waals surface area (Å²) in [4.78, 5) is 22.1. The first-order chi connectivity index (χ1) is 9.58. The molecule has 2 rings (SSSR count). The number of hydrogen-bond acceptors (Lipinski definition) is 4. The molecule has 0 bridgehead atoms. The summed E-state index contributed by atoms with van der Waals surface area (Å²) in [6.45, 7) is 1.67. The van der Waals surface area contributed by atoms with Gasteiger partial charge >= 0.3 is 5.97 Å². The number of hydrogen-bond donors (Lipinski definition) is 0. The molecular formula is C15H13NO4. The molecule has 0 atom stereocenters. The van der Waals surface area contributed by atoms with Gasteiger partial charge in [0.15, 0.2) is 0 Å². The van der Waals surface area contributed by atoms with Crippen molar-refractivity contribution in [1.29, 1.82) is 0 Å². The van der Waals surface area contributed by atoms with E-state index >= 15 is 0 Å². The Labute approximate surface area is 116 Å². The molecule has 0 unspecified atom stereocenters. The molecule has 0 N–H and O–H groups in total. The highest BCUT2D eigenvalue weighted by atomic mass is 16.6. The van der Waals surface area contributed by atoms with E-state index in [4.69, 9.17) is 4.74 Å². The maximum Gasteiger partial charge on any atom is 0.338 e. The SMILES string of the molecule is Cc1ccc(COC(=O)c2ccccc2)cc1[N+](=O)[O-]. The first-order valence-electron chi connectivity index (χ1n) is 6.04. The van der Waals surface area contributed by atoms with Crippen LogP contribution in [0.4, 0.5) is 5.69 Å². The Hall–Kier alpha value is -2.69. The van der Waals surface area contributed by atoms with Crippen molar-refractivity contribution in [1.82, 2.24) is 0 Å². The van der Waals surface area contributed by atoms with Crippen LogP contribution in [-0.4, -0.2) is 10.9 Å². The summed E-state index contributed by atoms with van der Waals surface area (Å²) in [5, 5.41) is 10.8. The lowest BCUT2D eigenvalue weighted by Gasteiger charge is -2.05. The van der Waals surface area contributed by atoms with Crippen molar-refractivity contribution in [3.8, 4) is 0 Å². The van der Waals surface area contributed by atoms with Crippen LogP contribution in [0.15, 0.2) is 48.5 Å². The van der Waals surface area contributed by atoms with Crippen LogP contribution in [0.5, 0.6) is 0 Å². The van der Waals surface area contributed by atoms with Gasteiger partial charge in [-0.15, -0.1) is 0 Å². The Balaban J connectivity index is 2.06. The third kappa shape index (κ3) is 3.20. The number of benzene rings is 2. The number of nitro groups is 1. The lowest BCUT2D eigenvalue weighted by atomic mass is 10.1. The van der Waals surface area contributed by atoms with Crippen molar-refractivity contribution < 1.29 is 14.5 Å². The molecule has 0 spiro atoms. The quantitative estimate of drug-likeness (QED) is 0.486. The van der Waals surface area contributed by atoms with Crippen molar-refractivity contribution in [3.63, 3.8) is 0 Å². The minimum atomic E-state index is -0.450. The monoisotopic (exact) mass is 271 g/mol. The Morgan fingerprint density at radius 2 is 1.90 bits per heavy atom. The number of nitrogens with zero attached hydrogens (tertiary/aromatic N) is 1. The van der Waals surface area contributed by atoms with E-state index in [1.807, 2.05) is 0 Å². The number of rotatable bonds is 4. The van der Waals surface area contributed by atoms with Gasteiger partial charge in [0.1, 0.15) is 6.61 Å². The highest BCUT2D eigenvalue weighted by Gasteiger charge is 2.12. The maximum absolute atomic E-state index is 11.7.